The van der Waals surface area contributed by atoms with Gasteiger partial charge in [0.1, 0.15) is 5.75 Å². The van der Waals surface area contributed by atoms with Crippen LogP contribution in [0, 0.1) is 0 Å². The monoisotopic (exact) mass is 233 g/mol. The van der Waals surface area contributed by atoms with Crippen molar-refractivity contribution in [1.29, 1.82) is 0 Å². The van der Waals surface area contributed by atoms with Crippen molar-refractivity contribution in [2.45, 2.75) is 12.8 Å². The molecule has 4 nitrogen and oxygen atoms in total. The highest BCUT2D eigenvalue weighted by atomic mass is 16.5. The molecule has 0 aliphatic carbocycles. The summed E-state index contributed by atoms with van der Waals surface area (Å²) in [6, 6.07) is 5.82. The average molecular weight is 233 g/mol. The smallest absolute Gasteiger partial charge is 0.303 e. The molecule has 0 atom stereocenters. The number of hydrogen-bond acceptors (Lipinski definition) is 2. The first-order valence-corrected chi connectivity index (χ1v) is 5.46. The minimum absolute atomic E-state index is 0.149. The molecule has 0 amide bonds. The number of carbonyl (C=O) groups is 1. The van der Waals surface area contributed by atoms with Gasteiger partial charge in [0, 0.05) is 25.1 Å². The van der Waals surface area contributed by atoms with E-state index in [2.05, 4.69) is 0 Å². The van der Waals surface area contributed by atoms with Crippen LogP contribution in [0.3, 0.4) is 0 Å². The maximum atomic E-state index is 10.6. The molecule has 0 aliphatic heterocycles. The number of hydrogen-bond donors (Lipinski definition) is 1. The van der Waals surface area contributed by atoms with E-state index in [-0.39, 0.29) is 6.42 Å². The molecule has 0 radical (unpaired) electrons. The largest absolute Gasteiger partial charge is 0.495 e. The van der Waals surface area contributed by atoms with E-state index in [1.807, 2.05) is 36.0 Å². The molecule has 1 N–H and O–H groups in total. The van der Waals surface area contributed by atoms with Crippen LogP contribution in [0.25, 0.3) is 10.9 Å². The van der Waals surface area contributed by atoms with Crippen LogP contribution in [-0.2, 0) is 18.3 Å². The van der Waals surface area contributed by atoms with Crippen LogP contribution in [0.2, 0.25) is 0 Å². The van der Waals surface area contributed by atoms with Gasteiger partial charge in [-0.1, -0.05) is 12.1 Å². The van der Waals surface area contributed by atoms with Gasteiger partial charge in [-0.15, -0.1) is 0 Å². The van der Waals surface area contributed by atoms with Gasteiger partial charge >= 0.3 is 5.97 Å². The van der Waals surface area contributed by atoms with Gasteiger partial charge in [-0.2, -0.15) is 0 Å². The number of aliphatic carboxylic acids is 1. The van der Waals surface area contributed by atoms with Crippen LogP contribution in [-0.4, -0.2) is 22.8 Å². The number of ether oxygens (including phenoxy) is 1. The van der Waals surface area contributed by atoms with E-state index in [0.717, 1.165) is 22.2 Å². The van der Waals surface area contributed by atoms with E-state index in [1.165, 1.54) is 0 Å². The topological polar surface area (TPSA) is 51.5 Å². The highest BCUT2D eigenvalue weighted by molar-refractivity contribution is 5.89. The van der Waals surface area contributed by atoms with E-state index in [4.69, 9.17) is 9.84 Å². The van der Waals surface area contributed by atoms with Crippen molar-refractivity contribution in [2.75, 3.05) is 7.11 Å². The highest BCUT2D eigenvalue weighted by Crippen LogP contribution is 2.29. The molecular formula is C13H15NO3. The molecule has 0 aliphatic rings. The third kappa shape index (κ3) is 2.11. The second-order valence-corrected chi connectivity index (χ2v) is 4.02. The molecule has 1 aromatic carbocycles. The molecule has 0 saturated carbocycles. The zero-order valence-corrected chi connectivity index (χ0v) is 9.93. The first-order valence-electron chi connectivity index (χ1n) is 5.46. The number of rotatable bonds is 4. The van der Waals surface area contributed by atoms with Crippen molar-refractivity contribution >= 4 is 16.9 Å². The minimum atomic E-state index is -0.773. The van der Waals surface area contributed by atoms with E-state index in [1.54, 1.807) is 7.11 Å². The summed E-state index contributed by atoms with van der Waals surface area (Å²) in [5, 5.41) is 9.79. The molecule has 0 fully saturated rings. The fourth-order valence-corrected chi connectivity index (χ4v) is 2.12. The Bertz CT molecular complexity index is 557. The first kappa shape index (κ1) is 11.5. The fraction of sp³-hybridized carbons (Fsp3) is 0.308. The van der Waals surface area contributed by atoms with Gasteiger partial charge in [0.2, 0.25) is 0 Å². The van der Waals surface area contributed by atoms with Gasteiger partial charge < -0.3 is 14.4 Å². The maximum absolute atomic E-state index is 10.6. The molecule has 17 heavy (non-hydrogen) atoms. The van der Waals surface area contributed by atoms with Gasteiger partial charge in [-0.3, -0.25) is 4.79 Å². The third-order valence-corrected chi connectivity index (χ3v) is 2.88. The van der Waals surface area contributed by atoms with Crippen molar-refractivity contribution in [3.05, 3.63) is 30.0 Å². The SMILES string of the molecule is COc1cccc2c(CCC(=O)O)cn(C)c12. The zero-order valence-electron chi connectivity index (χ0n) is 9.93. The lowest BCUT2D eigenvalue weighted by atomic mass is 10.1. The molecule has 90 valence electrons. The number of para-hydroxylation sites is 1. The Kier molecular flexibility index (Phi) is 3.04. The quantitative estimate of drug-likeness (QED) is 0.880. The van der Waals surface area contributed by atoms with Crippen LogP contribution in [0.4, 0.5) is 0 Å². The molecule has 4 heteroatoms. The number of benzene rings is 1. The second kappa shape index (κ2) is 4.49. The lowest BCUT2D eigenvalue weighted by molar-refractivity contribution is -0.136. The van der Waals surface area contributed by atoms with Crippen molar-refractivity contribution in [1.82, 2.24) is 4.57 Å². The summed E-state index contributed by atoms with van der Waals surface area (Å²) in [4.78, 5) is 10.6. The maximum Gasteiger partial charge on any atom is 0.303 e. The summed E-state index contributed by atoms with van der Waals surface area (Å²) >= 11 is 0. The Labute approximate surface area is 99.4 Å². The molecule has 0 spiro atoms. The number of carboxylic acid groups (broad SMARTS) is 1. The molecule has 1 aromatic heterocycles. The Morgan fingerprint density at radius 3 is 2.88 bits per heavy atom. The Hall–Kier alpha value is -1.97. The summed E-state index contributed by atoms with van der Waals surface area (Å²) in [6.07, 6.45) is 2.66. The average Bonchev–Trinajstić information content (AvgIpc) is 2.64. The normalized spacial score (nSPS) is 10.7. The standard InChI is InChI=1S/C13H15NO3/c1-14-8-9(6-7-12(15)16)10-4-3-5-11(17-2)13(10)14/h3-5,8H,6-7H2,1-2H3,(H,15,16). The van der Waals surface area contributed by atoms with Gasteiger partial charge in [0.05, 0.1) is 12.6 Å². The predicted octanol–water partition coefficient (Wildman–Crippen LogP) is 2.20. The summed E-state index contributed by atoms with van der Waals surface area (Å²) in [6.45, 7) is 0. The highest BCUT2D eigenvalue weighted by Gasteiger charge is 2.11. The minimum Gasteiger partial charge on any atom is -0.495 e. The van der Waals surface area contributed by atoms with E-state index < -0.39 is 5.97 Å². The number of aromatic nitrogens is 1. The number of aryl methyl sites for hydroxylation is 2. The number of nitrogens with zero attached hydrogens (tertiary/aromatic N) is 1. The molecule has 0 saturated heterocycles. The van der Waals surface area contributed by atoms with Gasteiger partial charge in [-0.05, 0) is 18.1 Å². The van der Waals surface area contributed by atoms with Crippen LogP contribution >= 0.6 is 0 Å². The predicted molar refractivity (Wildman–Crippen MR) is 65.4 cm³/mol. The third-order valence-electron chi connectivity index (χ3n) is 2.88. The van der Waals surface area contributed by atoms with Crippen molar-refractivity contribution < 1.29 is 14.6 Å². The van der Waals surface area contributed by atoms with Crippen LogP contribution < -0.4 is 4.74 Å². The molecule has 2 aromatic rings. The van der Waals surface area contributed by atoms with Gasteiger partial charge in [0.15, 0.2) is 0 Å². The Morgan fingerprint density at radius 1 is 1.47 bits per heavy atom. The van der Waals surface area contributed by atoms with Crippen LogP contribution in [0.1, 0.15) is 12.0 Å². The fourth-order valence-electron chi connectivity index (χ4n) is 2.12. The van der Waals surface area contributed by atoms with Crippen LogP contribution in [0.5, 0.6) is 5.75 Å². The second-order valence-electron chi connectivity index (χ2n) is 4.02. The van der Waals surface area contributed by atoms with Gasteiger partial charge in [0.25, 0.3) is 0 Å². The lowest BCUT2D eigenvalue weighted by Crippen LogP contribution is -1.96. The van der Waals surface area contributed by atoms with E-state index in [0.29, 0.717) is 6.42 Å². The molecule has 2 rings (SSSR count). The summed E-state index contributed by atoms with van der Waals surface area (Å²) in [5.41, 5.74) is 2.05. The summed E-state index contributed by atoms with van der Waals surface area (Å²) in [5.74, 6) is 0.0384. The molecule has 1 heterocycles. The first-order chi connectivity index (χ1) is 8.13. The van der Waals surface area contributed by atoms with Gasteiger partial charge in [-0.25, -0.2) is 0 Å². The summed E-state index contributed by atoms with van der Waals surface area (Å²) in [7, 11) is 3.58. The zero-order chi connectivity index (χ0) is 12.4. The van der Waals surface area contributed by atoms with Crippen LogP contribution in [0.15, 0.2) is 24.4 Å². The van der Waals surface area contributed by atoms with E-state index >= 15 is 0 Å². The Balaban J connectivity index is 2.48. The Morgan fingerprint density at radius 2 is 2.24 bits per heavy atom. The summed E-state index contributed by atoms with van der Waals surface area (Å²) < 4.78 is 7.29. The van der Waals surface area contributed by atoms with Crippen molar-refractivity contribution in [3.8, 4) is 5.75 Å². The number of carboxylic acids is 1. The lowest BCUT2D eigenvalue weighted by Gasteiger charge is -2.04. The number of fused-ring (bicyclic) bond motifs is 1. The van der Waals surface area contributed by atoms with Crippen molar-refractivity contribution in [3.63, 3.8) is 0 Å². The molecular weight excluding hydrogens is 218 g/mol. The molecule has 0 bridgehead atoms. The van der Waals surface area contributed by atoms with E-state index in [9.17, 15) is 4.79 Å². The van der Waals surface area contributed by atoms with Crippen molar-refractivity contribution in [2.24, 2.45) is 7.05 Å². The molecule has 0 unspecified atom stereocenters. The number of methoxy groups -OCH3 is 1.